The van der Waals surface area contributed by atoms with Crippen molar-refractivity contribution in [3.05, 3.63) is 59.2 Å². The summed E-state index contributed by atoms with van der Waals surface area (Å²) in [7, 11) is 0. The number of nitrogens with one attached hydrogen (secondary N) is 1. The molecule has 1 atom stereocenters. The van der Waals surface area contributed by atoms with Crippen molar-refractivity contribution in [3.63, 3.8) is 0 Å². The van der Waals surface area contributed by atoms with Crippen molar-refractivity contribution in [2.45, 2.75) is 46.1 Å². The average molecular weight is 355 g/mol. The van der Waals surface area contributed by atoms with Crippen molar-refractivity contribution < 1.29 is 19.4 Å². The number of hydrogen-bond donors (Lipinski definition) is 2. The van der Waals surface area contributed by atoms with Crippen LogP contribution in [-0.4, -0.2) is 23.1 Å². The first-order valence-corrected chi connectivity index (χ1v) is 8.65. The number of aryl methyl sites for hydroxylation is 1. The monoisotopic (exact) mass is 355 g/mol. The van der Waals surface area contributed by atoms with Crippen LogP contribution >= 0.6 is 0 Å². The van der Waals surface area contributed by atoms with E-state index in [0.29, 0.717) is 17.0 Å². The molecule has 1 unspecified atom stereocenters. The third-order valence-corrected chi connectivity index (χ3v) is 4.08. The number of amides is 1. The Kier molecular flexibility index (Phi) is 6.39. The first kappa shape index (κ1) is 19.5. The summed E-state index contributed by atoms with van der Waals surface area (Å²) in [5.41, 5.74) is 3.15. The molecule has 5 heteroatoms. The van der Waals surface area contributed by atoms with Gasteiger partial charge in [-0.3, -0.25) is 9.59 Å². The Labute approximate surface area is 154 Å². The van der Waals surface area contributed by atoms with Crippen molar-refractivity contribution >= 4 is 17.6 Å². The van der Waals surface area contributed by atoms with Crippen molar-refractivity contribution in [1.29, 1.82) is 0 Å². The molecule has 2 N–H and O–H groups in total. The number of carbonyl (C=O) groups is 2. The van der Waals surface area contributed by atoms with Crippen LogP contribution in [0, 0.1) is 6.92 Å². The van der Waals surface area contributed by atoms with Gasteiger partial charge in [0, 0.05) is 5.69 Å². The first-order chi connectivity index (χ1) is 12.3. The third-order valence-electron chi connectivity index (χ3n) is 4.08. The molecule has 0 saturated heterocycles. The van der Waals surface area contributed by atoms with Gasteiger partial charge in [0.2, 0.25) is 0 Å². The first-order valence-electron chi connectivity index (χ1n) is 8.65. The molecule has 0 spiro atoms. The van der Waals surface area contributed by atoms with Crippen LogP contribution in [-0.2, 0) is 16.0 Å². The van der Waals surface area contributed by atoms with E-state index in [1.807, 2.05) is 25.1 Å². The van der Waals surface area contributed by atoms with E-state index in [2.05, 4.69) is 19.2 Å². The zero-order valence-electron chi connectivity index (χ0n) is 15.6. The number of ether oxygens (including phenoxy) is 1. The quantitative estimate of drug-likeness (QED) is 0.782. The number of carboxylic acids is 1. The Morgan fingerprint density at radius 2 is 1.81 bits per heavy atom. The van der Waals surface area contributed by atoms with Gasteiger partial charge in [-0.1, -0.05) is 44.2 Å². The highest BCUT2D eigenvalue weighted by Gasteiger charge is 2.19. The predicted molar refractivity (Wildman–Crippen MR) is 102 cm³/mol. The number of aliphatic carboxylic acids is 1. The second-order valence-corrected chi connectivity index (χ2v) is 6.67. The lowest BCUT2D eigenvalue weighted by molar-refractivity contribution is -0.136. The van der Waals surface area contributed by atoms with E-state index >= 15 is 0 Å². The Hall–Kier alpha value is -2.82. The number of carbonyl (C=O) groups excluding carboxylic acids is 1. The molecule has 26 heavy (non-hydrogen) atoms. The molecule has 0 bridgehead atoms. The van der Waals surface area contributed by atoms with E-state index in [4.69, 9.17) is 9.84 Å². The average Bonchev–Trinajstić information content (AvgIpc) is 2.55. The fourth-order valence-electron chi connectivity index (χ4n) is 2.66. The van der Waals surface area contributed by atoms with Crippen LogP contribution in [0.2, 0.25) is 0 Å². The third kappa shape index (κ3) is 5.09. The van der Waals surface area contributed by atoms with Gasteiger partial charge in [-0.15, -0.1) is 0 Å². The summed E-state index contributed by atoms with van der Waals surface area (Å²) >= 11 is 0. The summed E-state index contributed by atoms with van der Waals surface area (Å²) < 4.78 is 5.91. The number of anilines is 1. The molecule has 0 fully saturated rings. The van der Waals surface area contributed by atoms with E-state index in [9.17, 15) is 9.59 Å². The summed E-state index contributed by atoms with van der Waals surface area (Å²) in [6.07, 6.45) is -0.867. The maximum Gasteiger partial charge on any atom is 0.307 e. The number of hydrogen-bond acceptors (Lipinski definition) is 3. The molecule has 0 radical (unpaired) electrons. The van der Waals surface area contributed by atoms with Gasteiger partial charge >= 0.3 is 5.97 Å². The van der Waals surface area contributed by atoms with Gasteiger partial charge in [-0.05, 0) is 48.6 Å². The standard InChI is InChI=1S/C21H25NO4/c1-13(2)17-10-9-14(3)11-19(17)26-15(4)21(25)22-18-8-6-5-7-16(18)12-20(23)24/h5-11,13,15H,12H2,1-4H3,(H,22,25)(H,23,24). The minimum absolute atomic E-state index is 0.152. The van der Waals surface area contributed by atoms with Crippen LogP contribution in [0.25, 0.3) is 0 Å². The fourth-order valence-corrected chi connectivity index (χ4v) is 2.66. The molecule has 0 saturated carbocycles. The smallest absolute Gasteiger partial charge is 0.307 e. The maximum absolute atomic E-state index is 12.5. The Balaban J connectivity index is 2.14. The number of para-hydroxylation sites is 1. The summed E-state index contributed by atoms with van der Waals surface area (Å²) in [6, 6.07) is 12.8. The molecule has 0 heterocycles. The molecular weight excluding hydrogens is 330 g/mol. The molecule has 2 aromatic carbocycles. The highest BCUT2D eigenvalue weighted by atomic mass is 16.5. The van der Waals surface area contributed by atoms with E-state index in [0.717, 1.165) is 11.1 Å². The van der Waals surface area contributed by atoms with Crippen LogP contribution in [0.4, 0.5) is 5.69 Å². The molecule has 5 nitrogen and oxygen atoms in total. The van der Waals surface area contributed by atoms with Crippen LogP contribution in [0.15, 0.2) is 42.5 Å². The molecule has 2 rings (SSSR count). The Morgan fingerprint density at radius 3 is 2.46 bits per heavy atom. The minimum Gasteiger partial charge on any atom is -0.481 e. The number of carboxylic acid groups (broad SMARTS) is 1. The zero-order valence-corrected chi connectivity index (χ0v) is 15.6. The normalized spacial score (nSPS) is 11.9. The Bertz CT molecular complexity index is 798. The highest BCUT2D eigenvalue weighted by Crippen LogP contribution is 2.28. The highest BCUT2D eigenvalue weighted by molar-refractivity contribution is 5.95. The molecule has 138 valence electrons. The molecule has 0 aliphatic rings. The van der Waals surface area contributed by atoms with Gasteiger partial charge in [0.1, 0.15) is 5.75 Å². The second-order valence-electron chi connectivity index (χ2n) is 6.67. The molecule has 0 aliphatic heterocycles. The van der Waals surface area contributed by atoms with Gasteiger partial charge in [-0.25, -0.2) is 0 Å². The lowest BCUT2D eigenvalue weighted by Crippen LogP contribution is -2.31. The van der Waals surface area contributed by atoms with E-state index in [-0.39, 0.29) is 18.2 Å². The van der Waals surface area contributed by atoms with Crippen molar-refractivity contribution in [3.8, 4) is 5.75 Å². The van der Waals surface area contributed by atoms with Gasteiger partial charge in [0.15, 0.2) is 6.10 Å². The Morgan fingerprint density at radius 1 is 1.12 bits per heavy atom. The maximum atomic E-state index is 12.5. The van der Waals surface area contributed by atoms with Crippen molar-refractivity contribution in [2.75, 3.05) is 5.32 Å². The van der Waals surface area contributed by atoms with Gasteiger partial charge in [0.05, 0.1) is 6.42 Å². The second kappa shape index (κ2) is 8.52. The summed E-state index contributed by atoms with van der Waals surface area (Å²) in [5, 5.41) is 11.8. The SMILES string of the molecule is Cc1ccc(C(C)C)c(OC(C)C(=O)Nc2ccccc2CC(=O)O)c1. The van der Waals surface area contributed by atoms with E-state index < -0.39 is 12.1 Å². The van der Waals surface area contributed by atoms with Gasteiger partial charge in [-0.2, -0.15) is 0 Å². The van der Waals surface area contributed by atoms with Crippen LogP contribution in [0.1, 0.15) is 43.4 Å². The summed E-state index contributed by atoms with van der Waals surface area (Å²) in [4.78, 5) is 23.5. The van der Waals surface area contributed by atoms with Crippen LogP contribution in [0.3, 0.4) is 0 Å². The van der Waals surface area contributed by atoms with Crippen LogP contribution < -0.4 is 10.1 Å². The minimum atomic E-state index is -0.947. The van der Waals surface area contributed by atoms with Gasteiger partial charge < -0.3 is 15.2 Å². The van der Waals surface area contributed by atoms with Gasteiger partial charge in [0.25, 0.3) is 5.91 Å². The summed E-state index contributed by atoms with van der Waals surface area (Å²) in [6.45, 7) is 7.81. The fraction of sp³-hybridized carbons (Fsp3) is 0.333. The lowest BCUT2D eigenvalue weighted by Gasteiger charge is -2.20. The van der Waals surface area contributed by atoms with E-state index in [1.165, 1.54) is 0 Å². The number of benzene rings is 2. The number of rotatable bonds is 7. The zero-order chi connectivity index (χ0) is 19.3. The largest absolute Gasteiger partial charge is 0.481 e. The predicted octanol–water partition coefficient (Wildman–Crippen LogP) is 4.15. The molecule has 1 amide bonds. The van der Waals surface area contributed by atoms with E-state index in [1.54, 1.807) is 31.2 Å². The van der Waals surface area contributed by atoms with Crippen molar-refractivity contribution in [1.82, 2.24) is 0 Å². The molecule has 2 aromatic rings. The lowest BCUT2D eigenvalue weighted by atomic mass is 10.0. The topological polar surface area (TPSA) is 75.6 Å². The summed E-state index contributed by atoms with van der Waals surface area (Å²) in [5.74, 6) is -0.296. The molecular formula is C21H25NO4. The molecule has 0 aliphatic carbocycles. The van der Waals surface area contributed by atoms with Crippen molar-refractivity contribution in [2.24, 2.45) is 0 Å². The van der Waals surface area contributed by atoms with Crippen LogP contribution in [0.5, 0.6) is 5.75 Å². The molecule has 0 aromatic heterocycles.